The van der Waals surface area contributed by atoms with Gasteiger partial charge in [-0.2, -0.15) is 0 Å². The highest BCUT2D eigenvalue weighted by Crippen LogP contribution is 2.23. The van der Waals surface area contributed by atoms with Crippen molar-refractivity contribution < 1.29 is 4.79 Å². The molecule has 132 valence electrons. The van der Waals surface area contributed by atoms with E-state index in [9.17, 15) is 4.79 Å². The molecule has 1 aliphatic heterocycles. The molecule has 0 aliphatic carbocycles. The maximum absolute atomic E-state index is 12.6. The molecule has 0 saturated carbocycles. The third kappa shape index (κ3) is 5.15. The molecular weight excluding hydrogens is 308 g/mol. The van der Waals surface area contributed by atoms with Crippen molar-refractivity contribution in [1.29, 1.82) is 0 Å². The van der Waals surface area contributed by atoms with E-state index in [1.165, 1.54) is 24.0 Å². The van der Waals surface area contributed by atoms with Crippen molar-refractivity contribution in [2.45, 2.75) is 45.4 Å². The van der Waals surface area contributed by atoms with Gasteiger partial charge in [0, 0.05) is 31.9 Å². The smallest absolute Gasteiger partial charge is 0.222 e. The van der Waals surface area contributed by atoms with E-state index in [4.69, 9.17) is 0 Å². The second-order valence-electron chi connectivity index (χ2n) is 7.17. The zero-order valence-corrected chi connectivity index (χ0v) is 15.2. The first kappa shape index (κ1) is 17.7. The van der Waals surface area contributed by atoms with E-state index in [1.807, 2.05) is 18.3 Å². The minimum absolute atomic E-state index is 0.296. The topological polar surface area (TPSA) is 33.2 Å². The largest absolute Gasteiger partial charge is 0.342 e. The third-order valence-corrected chi connectivity index (χ3v) is 5.31. The predicted molar refractivity (Wildman–Crippen MR) is 101 cm³/mol. The molecule has 0 bridgehead atoms. The summed E-state index contributed by atoms with van der Waals surface area (Å²) in [7, 11) is 0. The predicted octanol–water partition coefficient (Wildman–Crippen LogP) is 4.19. The maximum Gasteiger partial charge on any atom is 0.222 e. The maximum atomic E-state index is 12.6. The molecule has 1 aromatic heterocycles. The molecule has 3 heteroatoms. The van der Waals surface area contributed by atoms with Crippen molar-refractivity contribution in [2.75, 3.05) is 13.1 Å². The Labute approximate surface area is 151 Å². The molecule has 1 aromatic carbocycles. The molecule has 1 fully saturated rings. The van der Waals surface area contributed by atoms with Crippen LogP contribution < -0.4 is 0 Å². The zero-order chi connectivity index (χ0) is 17.5. The molecule has 1 amide bonds. The Morgan fingerprint density at radius 1 is 1.20 bits per heavy atom. The number of aryl methyl sites for hydroxylation is 3. The Kier molecular flexibility index (Phi) is 6.21. The van der Waals surface area contributed by atoms with Crippen molar-refractivity contribution in [3.63, 3.8) is 0 Å². The Morgan fingerprint density at radius 2 is 2.08 bits per heavy atom. The summed E-state index contributed by atoms with van der Waals surface area (Å²) in [6.07, 6.45) is 9.69. The molecule has 1 aliphatic rings. The Morgan fingerprint density at radius 3 is 2.88 bits per heavy atom. The number of likely N-dealkylation sites (tertiary alicyclic amines) is 1. The first-order valence-corrected chi connectivity index (χ1v) is 9.43. The summed E-state index contributed by atoms with van der Waals surface area (Å²) in [5.41, 5.74) is 3.97. The lowest BCUT2D eigenvalue weighted by atomic mass is 9.90. The molecule has 0 radical (unpaired) electrons. The second kappa shape index (κ2) is 8.80. The lowest BCUT2D eigenvalue weighted by Gasteiger charge is -2.33. The van der Waals surface area contributed by atoms with Crippen LogP contribution >= 0.6 is 0 Å². The van der Waals surface area contributed by atoms with E-state index in [1.54, 1.807) is 6.20 Å². The molecule has 25 heavy (non-hydrogen) atoms. The van der Waals surface area contributed by atoms with Crippen LogP contribution in [0.15, 0.2) is 48.8 Å². The molecule has 3 rings (SSSR count). The first-order chi connectivity index (χ1) is 12.2. The molecule has 2 heterocycles. The van der Waals surface area contributed by atoms with Crippen LogP contribution in [0.3, 0.4) is 0 Å². The first-order valence-electron chi connectivity index (χ1n) is 9.43. The standard InChI is InChI=1S/C22H28N2O/c1-18-6-2-3-9-21(18)12-10-20-8-5-15-24(17-20)22(25)13-11-19-7-4-14-23-16-19/h2-4,6-7,9,14,16,20H,5,8,10-13,15,17H2,1H3/t20-/m1/s1. The molecule has 1 saturated heterocycles. The Balaban J connectivity index is 1.47. The fourth-order valence-electron chi connectivity index (χ4n) is 3.73. The lowest BCUT2D eigenvalue weighted by Crippen LogP contribution is -2.40. The van der Waals surface area contributed by atoms with Gasteiger partial charge in [0.05, 0.1) is 0 Å². The minimum atomic E-state index is 0.296. The van der Waals surface area contributed by atoms with Gasteiger partial charge in [0.1, 0.15) is 0 Å². The normalized spacial score (nSPS) is 17.5. The number of nitrogens with zero attached hydrogens (tertiary/aromatic N) is 2. The van der Waals surface area contributed by atoms with Crippen LogP contribution in [-0.4, -0.2) is 28.9 Å². The summed E-state index contributed by atoms with van der Waals surface area (Å²) >= 11 is 0. The zero-order valence-electron chi connectivity index (χ0n) is 15.2. The van der Waals surface area contributed by atoms with E-state index in [2.05, 4.69) is 41.1 Å². The monoisotopic (exact) mass is 336 g/mol. The van der Waals surface area contributed by atoms with Crippen molar-refractivity contribution in [3.05, 3.63) is 65.5 Å². The van der Waals surface area contributed by atoms with E-state index in [0.29, 0.717) is 18.2 Å². The van der Waals surface area contributed by atoms with Crippen LogP contribution in [0.4, 0.5) is 0 Å². The summed E-state index contributed by atoms with van der Waals surface area (Å²) in [5, 5.41) is 0. The molecule has 0 unspecified atom stereocenters. The number of hydrogen-bond donors (Lipinski definition) is 0. The third-order valence-electron chi connectivity index (χ3n) is 5.31. The molecular formula is C22H28N2O. The highest BCUT2D eigenvalue weighted by atomic mass is 16.2. The van der Waals surface area contributed by atoms with Gasteiger partial charge in [-0.05, 0) is 67.7 Å². The van der Waals surface area contributed by atoms with Gasteiger partial charge in [0.15, 0.2) is 0 Å². The summed E-state index contributed by atoms with van der Waals surface area (Å²) in [5.74, 6) is 0.931. The average molecular weight is 336 g/mol. The molecule has 2 aromatic rings. The van der Waals surface area contributed by atoms with Crippen LogP contribution in [0.1, 0.15) is 42.4 Å². The van der Waals surface area contributed by atoms with Crippen LogP contribution in [0.2, 0.25) is 0 Å². The number of aromatic nitrogens is 1. The lowest BCUT2D eigenvalue weighted by molar-refractivity contribution is -0.133. The summed E-state index contributed by atoms with van der Waals surface area (Å²) in [6, 6.07) is 12.6. The number of benzene rings is 1. The van der Waals surface area contributed by atoms with E-state index in [0.717, 1.165) is 37.9 Å². The van der Waals surface area contributed by atoms with Crippen molar-refractivity contribution in [3.8, 4) is 0 Å². The summed E-state index contributed by atoms with van der Waals surface area (Å²) in [4.78, 5) is 18.8. The van der Waals surface area contributed by atoms with Gasteiger partial charge in [0.25, 0.3) is 0 Å². The van der Waals surface area contributed by atoms with Crippen molar-refractivity contribution in [1.82, 2.24) is 9.88 Å². The number of hydrogen-bond acceptors (Lipinski definition) is 2. The van der Waals surface area contributed by atoms with Crippen LogP contribution in [0.5, 0.6) is 0 Å². The van der Waals surface area contributed by atoms with Crippen LogP contribution in [0, 0.1) is 12.8 Å². The number of carbonyl (C=O) groups is 1. The van der Waals surface area contributed by atoms with Gasteiger partial charge in [-0.25, -0.2) is 0 Å². The molecule has 0 N–H and O–H groups in total. The fourth-order valence-corrected chi connectivity index (χ4v) is 3.73. The van der Waals surface area contributed by atoms with Crippen molar-refractivity contribution in [2.24, 2.45) is 5.92 Å². The Bertz CT molecular complexity index is 683. The van der Waals surface area contributed by atoms with Crippen molar-refractivity contribution >= 4 is 5.91 Å². The summed E-state index contributed by atoms with van der Waals surface area (Å²) < 4.78 is 0. The molecule has 1 atom stereocenters. The van der Waals surface area contributed by atoms with Gasteiger partial charge < -0.3 is 4.90 Å². The molecule has 0 spiro atoms. The van der Waals surface area contributed by atoms with Gasteiger partial charge >= 0.3 is 0 Å². The van der Waals surface area contributed by atoms with Gasteiger partial charge in [-0.1, -0.05) is 30.3 Å². The van der Waals surface area contributed by atoms with Crippen LogP contribution in [-0.2, 0) is 17.6 Å². The quantitative estimate of drug-likeness (QED) is 0.792. The average Bonchev–Trinajstić information content (AvgIpc) is 2.66. The second-order valence-corrected chi connectivity index (χ2v) is 7.17. The van der Waals surface area contributed by atoms with E-state index >= 15 is 0 Å². The highest BCUT2D eigenvalue weighted by Gasteiger charge is 2.23. The van der Waals surface area contributed by atoms with Gasteiger partial charge in [-0.15, -0.1) is 0 Å². The highest BCUT2D eigenvalue weighted by molar-refractivity contribution is 5.76. The van der Waals surface area contributed by atoms with E-state index < -0.39 is 0 Å². The minimum Gasteiger partial charge on any atom is -0.342 e. The van der Waals surface area contributed by atoms with Crippen LogP contribution in [0.25, 0.3) is 0 Å². The number of amides is 1. The SMILES string of the molecule is Cc1ccccc1CC[C@H]1CCCN(C(=O)CCc2cccnc2)C1. The fraction of sp³-hybridized carbons (Fsp3) is 0.455. The number of pyridine rings is 1. The number of carbonyl (C=O) groups excluding carboxylic acids is 1. The van der Waals surface area contributed by atoms with Gasteiger partial charge in [-0.3, -0.25) is 9.78 Å². The van der Waals surface area contributed by atoms with E-state index in [-0.39, 0.29) is 0 Å². The Hall–Kier alpha value is -2.16. The van der Waals surface area contributed by atoms with Gasteiger partial charge in [0.2, 0.25) is 5.91 Å². The number of rotatable bonds is 6. The summed E-state index contributed by atoms with van der Waals surface area (Å²) in [6.45, 7) is 4.04. The number of piperidine rings is 1. The molecule has 3 nitrogen and oxygen atoms in total.